The first-order valence-electron chi connectivity index (χ1n) is 4.70. The molecule has 0 spiro atoms. The van der Waals surface area contributed by atoms with Gasteiger partial charge >= 0.3 is 0 Å². The van der Waals surface area contributed by atoms with Crippen LogP contribution in [-0.4, -0.2) is 15.8 Å². The minimum absolute atomic E-state index is 0.117. The fourth-order valence-electron chi connectivity index (χ4n) is 1.47. The summed E-state index contributed by atoms with van der Waals surface area (Å²) in [6, 6.07) is 3.49. The van der Waals surface area contributed by atoms with Crippen molar-refractivity contribution in [1.82, 2.24) is 9.97 Å². The number of carbonyl (C=O) groups is 1. The predicted molar refractivity (Wildman–Crippen MR) is 60.1 cm³/mol. The van der Waals surface area contributed by atoms with E-state index in [2.05, 4.69) is 9.97 Å². The molecule has 82 valence electrons. The van der Waals surface area contributed by atoms with Crippen LogP contribution in [-0.2, 0) is 12.6 Å². The number of furan rings is 1. The van der Waals surface area contributed by atoms with Gasteiger partial charge in [0.2, 0.25) is 0 Å². The highest BCUT2D eigenvalue weighted by atomic mass is 32.1. The second-order valence-corrected chi connectivity index (χ2v) is 3.73. The SMILES string of the molecule is CC(=O)c1c(C)nc(-c2ccco2)nc1[S-]. The molecule has 0 amide bonds. The van der Waals surface area contributed by atoms with Crippen LogP contribution in [0.15, 0.2) is 27.8 Å². The lowest BCUT2D eigenvalue weighted by atomic mass is 10.2. The van der Waals surface area contributed by atoms with Crippen molar-refractivity contribution in [3.05, 3.63) is 29.7 Å². The molecule has 0 bridgehead atoms. The van der Waals surface area contributed by atoms with E-state index in [1.54, 1.807) is 19.1 Å². The Morgan fingerprint density at radius 2 is 2.19 bits per heavy atom. The van der Waals surface area contributed by atoms with Gasteiger partial charge in [-0.1, -0.05) is 5.03 Å². The smallest absolute Gasteiger partial charge is 0.194 e. The molecular weight excluding hydrogens is 224 g/mol. The Morgan fingerprint density at radius 1 is 1.44 bits per heavy atom. The Bertz CT molecular complexity index is 512. The molecule has 2 heterocycles. The largest absolute Gasteiger partial charge is 0.759 e. The minimum atomic E-state index is -0.117. The van der Waals surface area contributed by atoms with E-state index in [-0.39, 0.29) is 10.8 Å². The fraction of sp³-hybridized carbons (Fsp3) is 0.182. The topological polar surface area (TPSA) is 56.0 Å². The number of rotatable bonds is 2. The summed E-state index contributed by atoms with van der Waals surface area (Å²) in [5, 5.41) is 0.270. The quantitative estimate of drug-likeness (QED) is 0.452. The van der Waals surface area contributed by atoms with Crippen LogP contribution in [0.25, 0.3) is 11.6 Å². The van der Waals surface area contributed by atoms with Crippen LogP contribution in [0.1, 0.15) is 23.0 Å². The van der Waals surface area contributed by atoms with Gasteiger partial charge in [-0.15, -0.1) is 0 Å². The summed E-state index contributed by atoms with van der Waals surface area (Å²) >= 11 is 5.06. The lowest BCUT2D eigenvalue weighted by Crippen LogP contribution is -2.05. The molecule has 0 saturated heterocycles. The molecule has 0 radical (unpaired) electrons. The number of aromatic nitrogens is 2. The third-order valence-corrected chi connectivity index (χ3v) is 2.45. The van der Waals surface area contributed by atoms with E-state index in [0.717, 1.165) is 0 Å². The van der Waals surface area contributed by atoms with Gasteiger partial charge in [0.1, 0.15) is 0 Å². The average Bonchev–Trinajstić information content (AvgIpc) is 2.67. The van der Waals surface area contributed by atoms with Crippen LogP contribution >= 0.6 is 0 Å². The van der Waals surface area contributed by atoms with Crippen molar-refractivity contribution in [3.8, 4) is 11.6 Å². The summed E-state index contributed by atoms with van der Waals surface area (Å²) in [5.41, 5.74) is 0.990. The van der Waals surface area contributed by atoms with Crippen molar-refractivity contribution < 1.29 is 9.21 Å². The first-order valence-corrected chi connectivity index (χ1v) is 5.11. The number of nitrogens with zero attached hydrogens (tertiary/aromatic N) is 2. The molecule has 5 heteroatoms. The molecule has 0 unspecified atom stereocenters. The predicted octanol–water partition coefficient (Wildman–Crippen LogP) is 2.15. The van der Waals surface area contributed by atoms with E-state index >= 15 is 0 Å². The van der Waals surface area contributed by atoms with E-state index < -0.39 is 0 Å². The van der Waals surface area contributed by atoms with Gasteiger partial charge in [-0.2, -0.15) is 0 Å². The molecule has 0 saturated carbocycles. The lowest BCUT2D eigenvalue weighted by Gasteiger charge is -2.13. The molecule has 0 fully saturated rings. The van der Waals surface area contributed by atoms with E-state index in [0.29, 0.717) is 22.8 Å². The Kier molecular flexibility index (Phi) is 2.70. The molecule has 0 aliphatic rings. The summed E-state index contributed by atoms with van der Waals surface area (Å²) in [7, 11) is 0. The molecule has 2 rings (SSSR count). The third-order valence-electron chi connectivity index (χ3n) is 2.15. The van der Waals surface area contributed by atoms with Crippen LogP contribution in [0, 0.1) is 6.92 Å². The second kappa shape index (κ2) is 4.02. The zero-order chi connectivity index (χ0) is 11.7. The molecule has 0 aliphatic heterocycles. The van der Waals surface area contributed by atoms with Crippen LogP contribution < -0.4 is 0 Å². The number of carbonyl (C=O) groups excluding carboxylic acids is 1. The molecule has 2 aromatic rings. The van der Waals surface area contributed by atoms with Gasteiger partial charge in [-0.25, -0.2) is 4.98 Å². The first-order chi connectivity index (χ1) is 7.59. The third kappa shape index (κ3) is 1.81. The van der Waals surface area contributed by atoms with Crippen molar-refractivity contribution in [1.29, 1.82) is 0 Å². The van der Waals surface area contributed by atoms with Crippen molar-refractivity contribution in [2.24, 2.45) is 0 Å². The Labute approximate surface area is 98.1 Å². The Balaban J connectivity index is 2.58. The molecule has 16 heavy (non-hydrogen) atoms. The van der Waals surface area contributed by atoms with Crippen LogP contribution in [0.5, 0.6) is 0 Å². The van der Waals surface area contributed by atoms with E-state index in [1.807, 2.05) is 0 Å². The zero-order valence-electron chi connectivity index (χ0n) is 8.85. The number of ketones is 1. The summed E-state index contributed by atoms with van der Waals surface area (Å²) in [5.74, 6) is 0.843. The van der Waals surface area contributed by atoms with Gasteiger partial charge in [-0.05, 0) is 26.0 Å². The van der Waals surface area contributed by atoms with Crippen molar-refractivity contribution >= 4 is 18.4 Å². The van der Waals surface area contributed by atoms with E-state index in [9.17, 15) is 4.79 Å². The zero-order valence-corrected chi connectivity index (χ0v) is 9.67. The maximum absolute atomic E-state index is 11.3. The van der Waals surface area contributed by atoms with Crippen LogP contribution in [0.2, 0.25) is 0 Å². The number of hydrogen-bond donors (Lipinski definition) is 0. The Morgan fingerprint density at radius 3 is 2.69 bits per heavy atom. The summed E-state index contributed by atoms with van der Waals surface area (Å²) in [6.45, 7) is 3.19. The monoisotopic (exact) mass is 233 g/mol. The average molecular weight is 233 g/mol. The minimum Gasteiger partial charge on any atom is -0.759 e. The molecule has 0 N–H and O–H groups in total. The summed E-state index contributed by atoms with van der Waals surface area (Å²) < 4.78 is 5.17. The maximum atomic E-state index is 11.3. The van der Waals surface area contributed by atoms with Gasteiger partial charge in [0, 0.05) is 5.56 Å². The molecule has 0 aromatic carbocycles. The second-order valence-electron chi connectivity index (χ2n) is 3.35. The lowest BCUT2D eigenvalue weighted by molar-refractivity contribution is 0.101. The molecule has 2 aromatic heterocycles. The molecule has 0 atom stereocenters. The normalized spacial score (nSPS) is 10.4. The van der Waals surface area contributed by atoms with Gasteiger partial charge < -0.3 is 17.0 Å². The number of Topliss-reactive ketones (excluding diaryl/α,β-unsaturated/α-hetero) is 1. The summed E-state index contributed by atoms with van der Waals surface area (Å²) in [6.07, 6.45) is 1.54. The first kappa shape index (κ1) is 10.8. The Hall–Kier alpha value is -1.75. The van der Waals surface area contributed by atoms with Crippen molar-refractivity contribution in [2.75, 3.05) is 0 Å². The highest BCUT2D eigenvalue weighted by Crippen LogP contribution is 2.19. The van der Waals surface area contributed by atoms with Crippen LogP contribution in [0.4, 0.5) is 0 Å². The molecule has 0 aliphatic carbocycles. The number of aryl methyl sites for hydroxylation is 1. The van der Waals surface area contributed by atoms with Crippen molar-refractivity contribution in [3.63, 3.8) is 0 Å². The maximum Gasteiger partial charge on any atom is 0.194 e. The fourth-order valence-corrected chi connectivity index (χ4v) is 1.85. The van der Waals surface area contributed by atoms with Crippen LogP contribution in [0.3, 0.4) is 0 Å². The van der Waals surface area contributed by atoms with Gasteiger partial charge in [0.25, 0.3) is 0 Å². The van der Waals surface area contributed by atoms with Gasteiger partial charge in [-0.3, -0.25) is 9.78 Å². The van der Waals surface area contributed by atoms with E-state index in [1.165, 1.54) is 13.2 Å². The summed E-state index contributed by atoms with van der Waals surface area (Å²) in [4.78, 5) is 19.6. The van der Waals surface area contributed by atoms with Gasteiger partial charge in [0.15, 0.2) is 17.4 Å². The molecular formula is C11H9N2O2S-. The van der Waals surface area contributed by atoms with E-state index in [4.69, 9.17) is 17.0 Å². The number of hydrogen-bond acceptors (Lipinski definition) is 5. The standard InChI is InChI=1S/C11H10N2O2S/c1-6-9(7(2)14)11(16)13-10(12-6)8-4-3-5-15-8/h3-5H,1-2H3,(H,12,13,16)/p-1. The highest BCUT2D eigenvalue weighted by Gasteiger charge is 2.11. The van der Waals surface area contributed by atoms with Crippen molar-refractivity contribution in [2.45, 2.75) is 18.9 Å². The van der Waals surface area contributed by atoms with Gasteiger partial charge in [0.05, 0.1) is 12.0 Å². The molecule has 4 nitrogen and oxygen atoms in total. The highest BCUT2D eigenvalue weighted by molar-refractivity contribution is 7.58.